The molecule has 1 aromatic carbocycles. The summed E-state index contributed by atoms with van der Waals surface area (Å²) < 4.78 is 5.11. The molecule has 0 heterocycles. The van der Waals surface area contributed by atoms with E-state index < -0.39 is 5.97 Å². The van der Waals surface area contributed by atoms with E-state index in [1.165, 1.54) is 0 Å². The lowest BCUT2D eigenvalue weighted by Crippen LogP contribution is -2.26. The first-order valence-corrected chi connectivity index (χ1v) is 4.86. The summed E-state index contributed by atoms with van der Waals surface area (Å²) in [5.41, 5.74) is 9.01. The van der Waals surface area contributed by atoms with Crippen LogP contribution in [-0.4, -0.2) is 18.2 Å². The number of aryl methyl sites for hydroxylation is 1. The maximum Gasteiger partial charge on any atom is 0.353 e. The number of carbonyl (C=O) groups is 1. The third-order valence-corrected chi connectivity index (χ3v) is 2.33. The van der Waals surface area contributed by atoms with Gasteiger partial charge in [0.25, 0.3) is 0 Å². The summed E-state index contributed by atoms with van der Waals surface area (Å²) in [6, 6.07) is 5.14. The fraction of sp³-hybridized carbons (Fsp3) is 0.182. The molecule has 0 fully saturated rings. The fourth-order valence-corrected chi connectivity index (χ4v) is 1.46. The van der Waals surface area contributed by atoms with Gasteiger partial charge in [-0.25, -0.2) is 4.79 Å². The molecule has 0 bridgehead atoms. The van der Waals surface area contributed by atoms with Crippen LogP contribution >= 0.6 is 0 Å². The number of hydrogen-bond acceptors (Lipinski definition) is 5. The molecule has 0 spiro atoms. The van der Waals surface area contributed by atoms with Gasteiger partial charge in [-0.05, 0) is 30.7 Å². The lowest BCUT2D eigenvalue weighted by molar-refractivity contribution is -0.132. The highest BCUT2D eigenvalue weighted by atomic mass is 16.5. The minimum atomic E-state index is -1.23. The predicted octanol–water partition coefficient (Wildman–Crippen LogP) is 0.179. The highest BCUT2D eigenvalue weighted by Crippen LogP contribution is 2.22. The minimum Gasteiger partial charge on any atom is -0.496 e. The van der Waals surface area contributed by atoms with Crippen LogP contribution in [0.15, 0.2) is 23.9 Å². The zero-order valence-electron chi connectivity index (χ0n) is 9.65. The van der Waals surface area contributed by atoms with Crippen molar-refractivity contribution in [2.45, 2.75) is 6.92 Å². The summed E-state index contributed by atoms with van der Waals surface area (Å²) in [5, 5.41) is 8.81. The number of nitrogens with one attached hydrogen (secondary N) is 1. The molecule has 1 aromatic rings. The topological polar surface area (TPSA) is 111 Å². The van der Waals surface area contributed by atoms with Gasteiger partial charge >= 0.3 is 5.97 Å². The normalized spacial score (nSPS) is 11.7. The maximum absolute atomic E-state index is 10.8. The van der Waals surface area contributed by atoms with E-state index in [-0.39, 0.29) is 11.4 Å². The zero-order valence-corrected chi connectivity index (χ0v) is 9.65. The van der Waals surface area contributed by atoms with Crippen molar-refractivity contribution in [2.75, 3.05) is 7.11 Å². The number of ether oxygens (including phenoxy) is 1. The lowest BCUT2D eigenvalue weighted by Gasteiger charge is -2.11. The second kappa shape index (κ2) is 5.22. The van der Waals surface area contributed by atoms with Gasteiger partial charge in [-0.2, -0.15) is 0 Å². The molecular weight excluding hydrogens is 222 g/mol. The fourth-order valence-electron chi connectivity index (χ4n) is 1.46. The Hall–Kier alpha value is -2.21. The summed E-state index contributed by atoms with van der Waals surface area (Å²) in [6.45, 7) is 1.84. The molecule has 6 heteroatoms. The van der Waals surface area contributed by atoms with Crippen molar-refractivity contribution in [1.82, 2.24) is 5.43 Å². The Morgan fingerprint density at radius 1 is 1.47 bits per heavy atom. The van der Waals surface area contributed by atoms with Gasteiger partial charge in [-0.1, -0.05) is 0 Å². The molecule has 0 aliphatic rings. The Labute approximate surface area is 98.8 Å². The third-order valence-electron chi connectivity index (χ3n) is 2.33. The third kappa shape index (κ3) is 2.67. The molecule has 17 heavy (non-hydrogen) atoms. The Kier molecular flexibility index (Phi) is 3.95. The number of benzene rings is 1. The molecular formula is C11H15N3O3. The number of carboxylic acids is 1. The van der Waals surface area contributed by atoms with Crippen LogP contribution in [0.25, 0.3) is 5.70 Å². The summed E-state index contributed by atoms with van der Waals surface area (Å²) >= 11 is 0. The van der Waals surface area contributed by atoms with Crippen LogP contribution in [0.1, 0.15) is 11.1 Å². The highest BCUT2D eigenvalue weighted by molar-refractivity contribution is 5.94. The molecule has 0 aromatic heterocycles. The van der Waals surface area contributed by atoms with Gasteiger partial charge in [0.2, 0.25) is 0 Å². The van der Waals surface area contributed by atoms with Crippen molar-refractivity contribution in [3.8, 4) is 5.75 Å². The Balaban J connectivity index is 3.28. The molecule has 6 N–H and O–H groups in total. The van der Waals surface area contributed by atoms with Crippen molar-refractivity contribution < 1.29 is 14.6 Å². The van der Waals surface area contributed by atoms with Crippen molar-refractivity contribution in [3.05, 3.63) is 35.0 Å². The quantitative estimate of drug-likeness (QED) is 0.338. The smallest absolute Gasteiger partial charge is 0.353 e. The molecule has 0 radical (unpaired) electrons. The molecule has 0 saturated carbocycles. The first-order valence-electron chi connectivity index (χ1n) is 4.86. The molecule has 0 amide bonds. The van der Waals surface area contributed by atoms with Crippen LogP contribution in [0.5, 0.6) is 5.75 Å². The number of carboxylic acid groups (broad SMARTS) is 1. The van der Waals surface area contributed by atoms with E-state index >= 15 is 0 Å². The number of hydrogen-bond donors (Lipinski definition) is 4. The van der Waals surface area contributed by atoms with E-state index in [9.17, 15) is 4.79 Å². The number of methoxy groups -OCH3 is 1. The summed E-state index contributed by atoms with van der Waals surface area (Å²) in [4.78, 5) is 10.8. The average molecular weight is 237 g/mol. The van der Waals surface area contributed by atoms with E-state index in [1.807, 2.05) is 6.92 Å². The summed E-state index contributed by atoms with van der Waals surface area (Å²) in [6.07, 6.45) is 0. The molecule has 0 atom stereocenters. The number of aliphatic carboxylic acids is 1. The van der Waals surface area contributed by atoms with Crippen molar-refractivity contribution >= 4 is 11.7 Å². The van der Waals surface area contributed by atoms with Gasteiger partial charge in [0.15, 0.2) is 0 Å². The monoisotopic (exact) mass is 237 g/mol. The van der Waals surface area contributed by atoms with Gasteiger partial charge in [-0.15, -0.1) is 0 Å². The number of hydrazine groups is 1. The van der Waals surface area contributed by atoms with Crippen LogP contribution < -0.4 is 21.7 Å². The van der Waals surface area contributed by atoms with Crippen LogP contribution in [-0.2, 0) is 4.79 Å². The first-order chi connectivity index (χ1) is 8.01. The van der Waals surface area contributed by atoms with Crippen LogP contribution in [0, 0.1) is 6.92 Å². The second-order valence-corrected chi connectivity index (χ2v) is 3.42. The molecule has 0 saturated heterocycles. The van der Waals surface area contributed by atoms with Crippen LogP contribution in [0.2, 0.25) is 0 Å². The number of nitrogens with two attached hydrogens (primary N) is 2. The van der Waals surface area contributed by atoms with E-state index in [0.29, 0.717) is 11.3 Å². The molecule has 1 rings (SSSR count). The number of rotatable bonds is 4. The molecule has 0 aliphatic heterocycles. The van der Waals surface area contributed by atoms with Crippen molar-refractivity contribution in [3.63, 3.8) is 0 Å². The molecule has 0 unspecified atom stereocenters. The molecule has 92 valence electrons. The zero-order chi connectivity index (χ0) is 13.0. The highest BCUT2D eigenvalue weighted by Gasteiger charge is 2.12. The van der Waals surface area contributed by atoms with Crippen molar-refractivity contribution in [1.29, 1.82) is 0 Å². The SMILES string of the molecule is COc1ccc(/C(NN)=C(/N)C(=O)O)cc1C. The predicted molar refractivity (Wildman–Crippen MR) is 63.8 cm³/mol. The van der Waals surface area contributed by atoms with Crippen molar-refractivity contribution in [2.24, 2.45) is 11.6 Å². The summed E-state index contributed by atoms with van der Waals surface area (Å²) in [7, 11) is 1.56. The van der Waals surface area contributed by atoms with Gasteiger partial charge in [0.05, 0.1) is 12.8 Å². The largest absolute Gasteiger partial charge is 0.496 e. The van der Waals surface area contributed by atoms with Gasteiger partial charge in [0, 0.05) is 5.56 Å². The maximum atomic E-state index is 10.8. The van der Waals surface area contributed by atoms with E-state index in [1.54, 1.807) is 25.3 Å². The van der Waals surface area contributed by atoms with Gasteiger partial charge in [-0.3, -0.25) is 5.84 Å². The summed E-state index contributed by atoms with van der Waals surface area (Å²) in [5.74, 6) is 4.76. The average Bonchev–Trinajstić information content (AvgIpc) is 2.30. The van der Waals surface area contributed by atoms with E-state index in [4.69, 9.17) is 21.4 Å². The minimum absolute atomic E-state index is 0.170. The Morgan fingerprint density at radius 3 is 2.53 bits per heavy atom. The lowest BCUT2D eigenvalue weighted by atomic mass is 10.1. The second-order valence-electron chi connectivity index (χ2n) is 3.42. The molecule has 0 aliphatic carbocycles. The Morgan fingerprint density at radius 2 is 2.12 bits per heavy atom. The van der Waals surface area contributed by atoms with Crippen LogP contribution in [0.3, 0.4) is 0 Å². The standard InChI is InChI=1S/C11H15N3O3/c1-6-5-7(3-4-8(6)17-2)10(14-13)9(12)11(15)16/h3-5,14H,12-13H2,1-2H3,(H,15,16)/b10-9-. The first kappa shape index (κ1) is 12.9. The van der Waals surface area contributed by atoms with Gasteiger partial charge in [0.1, 0.15) is 11.4 Å². The van der Waals surface area contributed by atoms with Crippen LogP contribution in [0.4, 0.5) is 0 Å². The van der Waals surface area contributed by atoms with E-state index in [2.05, 4.69) is 5.43 Å². The molecule has 6 nitrogen and oxygen atoms in total. The van der Waals surface area contributed by atoms with E-state index in [0.717, 1.165) is 5.56 Å². The Bertz CT molecular complexity index is 469. The van der Waals surface area contributed by atoms with Gasteiger partial charge < -0.3 is 21.0 Å².